The van der Waals surface area contributed by atoms with Crippen molar-refractivity contribution in [1.29, 1.82) is 0 Å². The van der Waals surface area contributed by atoms with Gasteiger partial charge in [0.2, 0.25) is 5.91 Å². The van der Waals surface area contributed by atoms with Crippen molar-refractivity contribution < 1.29 is 48.3 Å². The summed E-state index contributed by atoms with van der Waals surface area (Å²) in [7, 11) is -3.30. The van der Waals surface area contributed by atoms with Gasteiger partial charge >= 0.3 is 18.0 Å². The van der Waals surface area contributed by atoms with Crippen LogP contribution in [0.1, 0.15) is 49.7 Å². The van der Waals surface area contributed by atoms with Crippen molar-refractivity contribution >= 4 is 21.4 Å². The van der Waals surface area contributed by atoms with Crippen LogP contribution in [-0.2, 0) is 25.0 Å². The number of halogens is 8. The van der Waals surface area contributed by atoms with Gasteiger partial charge in [-0.2, -0.15) is 26.3 Å². The standard InChI is InChI=1S/C28H28F8N2O3S/c1-37-16-23-25(42(40,41)20-9-5-8-19(29)15-20,12-13-38(23)24(39)17-6-3-2-4-7-17)21-11-10-18(14-22(21)37)26(30,27(31,32)33)28(34,35)36/h5,8-11,14-15,17,23H,2-4,6-7,12-13,16H2,1H3. The van der Waals surface area contributed by atoms with Crippen LogP contribution in [0.15, 0.2) is 47.4 Å². The average molecular weight is 625 g/mol. The number of hydrogen-bond acceptors (Lipinski definition) is 4. The summed E-state index contributed by atoms with van der Waals surface area (Å²) in [6, 6.07) is 4.45. The van der Waals surface area contributed by atoms with E-state index in [2.05, 4.69) is 0 Å². The van der Waals surface area contributed by atoms with E-state index in [1.54, 1.807) is 0 Å². The van der Waals surface area contributed by atoms with Crippen molar-refractivity contribution in [2.24, 2.45) is 5.92 Å². The molecular weight excluding hydrogens is 596 g/mol. The largest absolute Gasteiger partial charge is 0.435 e. The molecule has 2 aliphatic heterocycles. The molecule has 2 fully saturated rings. The Balaban J connectivity index is 1.72. The Morgan fingerprint density at radius 1 is 0.929 bits per heavy atom. The summed E-state index contributed by atoms with van der Waals surface area (Å²) in [5.41, 5.74) is -8.01. The van der Waals surface area contributed by atoms with Gasteiger partial charge in [0, 0.05) is 37.3 Å². The molecule has 0 radical (unpaired) electrons. The van der Waals surface area contributed by atoms with Gasteiger partial charge in [0.05, 0.1) is 10.9 Å². The van der Waals surface area contributed by atoms with E-state index in [9.17, 15) is 43.9 Å². The topological polar surface area (TPSA) is 57.7 Å². The van der Waals surface area contributed by atoms with E-state index in [0.717, 1.165) is 49.6 Å². The fraction of sp³-hybridized carbons (Fsp3) is 0.536. The quantitative estimate of drug-likeness (QED) is 0.369. The minimum atomic E-state index is -6.36. The Bertz CT molecular complexity index is 1470. The lowest BCUT2D eigenvalue weighted by molar-refractivity contribution is -0.348. The molecule has 0 N–H and O–H groups in total. The highest BCUT2D eigenvalue weighted by Gasteiger charge is 2.74. The van der Waals surface area contributed by atoms with E-state index in [-0.39, 0.29) is 42.6 Å². The first-order valence-corrected chi connectivity index (χ1v) is 14.9. The van der Waals surface area contributed by atoms with Crippen molar-refractivity contribution in [3.63, 3.8) is 0 Å². The molecule has 2 aromatic rings. The average Bonchev–Trinajstić information content (AvgIpc) is 3.32. The fourth-order valence-corrected chi connectivity index (χ4v) is 9.16. The molecule has 0 aromatic heterocycles. The minimum Gasteiger partial charge on any atom is -0.372 e. The molecule has 5 rings (SSSR count). The number of fused-ring (bicyclic) bond motifs is 3. The normalized spacial score (nSPS) is 24.0. The molecule has 2 atom stereocenters. The number of likely N-dealkylation sites (N-methyl/N-ethyl adjacent to an activating group) is 1. The third-order valence-corrected chi connectivity index (χ3v) is 11.5. The van der Waals surface area contributed by atoms with Crippen LogP contribution in [0.4, 0.5) is 40.8 Å². The Morgan fingerprint density at radius 2 is 1.57 bits per heavy atom. The van der Waals surface area contributed by atoms with Crippen molar-refractivity contribution in [2.75, 3.05) is 25.0 Å². The molecule has 2 heterocycles. The monoisotopic (exact) mass is 624 g/mol. The van der Waals surface area contributed by atoms with Gasteiger partial charge in [-0.1, -0.05) is 37.5 Å². The number of rotatable bonds is 4. The van der Waals surface area contributed by atoms with E-state index in [1.165, 1.54) is 16.8 Å². The number of alkyl halides is 7. The van der Waals surface area contributed by atoms with E-state index in [4.69, 9.17) is 0 Å². The van der Waals surface area contributed by atoms with Crippen LogP contribution in [0.25, 0.3) is 0 Å². The Kier molecular flexibility index (Phi) is 7.34. The van der Waals surface area contributed by atoms with Crippen molar-refractivity contribution in [2.45, 2.75) is 72.2 Å². The molecule has 3 aliphatic rings. The fourth-order valence-electron chi connectivity index (χ4n) is 6.84. The van der Waals surface area contributed by atoms with E-state index in [1.807, 2.05) is 0 Å². The molecule has 1 aliphatic carbocycles. The van der Waals surface area contributed by atoms with Crippen molar-refractivity contribution in [3.05, 3.63) is 59.4 Å². The first-order chi connectivity index (χ1) is 19.5. The minimum absolute atomic E-state index is 0.0538. The molecule has 42 heavy (non-hydrogen) atoms. The molecular formula is C28H28F8N2O3S. The van der Waals surface area contributed by atoms with Gasteiger partial charge in [0.15, 0.2) is 9.84 Å². The zero-order chi connectivity index (χ0) is 30.9. The molecule has 0 spiro atoms. The number of anilines is 1. The summed E-state index contributed by atoms with van der Waals surface area (Å²) in [4.78, 5) is 15.9. The third kappa shape index (κ3) is 4.38. The Morgan fingerprint density at radius 3 is 2.17 bits per heavy atom. The van der Waals surface area contributed by atoms with Crippen LogP contribution < -0.4 is 4.90 Å². The Hall–Kier alpha value is -2.90. The summed E-state index contributed by atoms with van der Waals surface area (Å²) in [5, 5.41) is 0. The van der Waals surface area contributed by atoms with Gasteiger partial charge in [-0.15, -0.1) is 0 Å². The van der Waals surface area contributed by atoms with Crippen LogP contribution in [0, 0.1) is 11.7 Å². The number of likely N-dealkylation sites (tertiary alicyclic amines) is 1. The molecule has 5 nitrogen and oxygen atoms in total. The molecule has 2 aromatic carbocycles. The van der Waals surface area contributed by atoms with Crippen molar-refractivity contribution in [3.8, 4) is 0 Å². The zero-order valence-corrected chi connectivity index (χ0v) is 23.2. The SMILES string of the molecule is CN1CC2N(C(=O)C3CCCCC3)CCC2(S(=O)(=O)c2cccc(F)c2)c2ccc(C(F)(C(F)(F)F)C(F)(F)F)cc21. The van der Waals surface area contributed by atoms with Gasteiger partial charge < -0.3 is 9.80 Å². The van der Waals surface area contributed by atoms with Crippen LogP contribution >= 0.6 is 0 Å². The van der Waals surface area contributed by atoms with Crippen LogP contribution in [0.5, 0.6) is 0 Å². The van der Waals surface area contributed by atoms with Crippen LogP contribution in [-0.4, -0.2) is 57.8 Å². The van der Waals surface area contributed by atoms with Gasteiger partial charge in [-0.05, 0) is 49.1 Å². The van der Waals surface area contributed by atoms with Gasteiger partial charge in [-0.25, -0.2) is 17.2 Å². The maximum absolute atomic E-state index is 15.0. The van der Waals surface area contributed by atoms with E-state index in [0.29, 0.717) is 25.0 Å². The summed E-state index contributed by atoms with van der Waals surface area (Å²) in [5.74, 6) is -1.51. The number of amides is 1. The van der Waals surface area contributed by atoms with Gasteiger partial charge in [0.25, 0.3) is 0 Å². The number of carbonyl (C=O) groups is 1. The summed E-state index contributed by atoms with van der Waals surface area (Å²) in [6.07, 6.45) is -9.17. The highest BCUT2D eigenvalue weighted by molar-refractivity contribution is 7.92. The second-order valence-corrected chi connectivity index (χ2v) is 13.5. The molecule has 1 amide bonds. The van der Waals surface area contributed by atoms with Crippen LogP contribution in [0.3, 0.4) is 0 Å². The lowest BCUT2D eigenvalue weighted by Gasteiger charge is -2.47. The first-order valence-electron chi connectivity index (χ1n) is 13.5. The highest BCUT2D eigenvalue weighted by Crippen LogP contribution is 2.57. The lowest BCUT2D eigenvalue weighted by atomic mass is 9.82. The summed E-state index contributed by atoms with van der Waals surface area (Å²) in [6.45, 7) is -0.331. The number of sulfone groups is 1. The van der Waals surface area contributed by atoms with Gasteiger partial charge in [-0.3, -0.25) is 4.79 Å². The number of hydrogen-bond donors (Lipinski definition) is 0. The van der Waals surface area contributed by atoms with Crippen LogP contribution in [0.2, 0.25) is 0 Å². The second kappa shape index (κ2) is 10.1. The number of carbonyl (C=O) groups excluding carboxylic acids is 1. The van der Waals surface area contributed by atoms with E-state index < -0.39 is 54.9 Å². The van der Waals surface area contributed by atoms with Crippen molar-refractivity contribution in [1.82, 2.24) is 4.90 Å². The van der Waals surface area contributed by atoms with E-state index >= 15 is 4.39 Å². The predicted molar refractivity (Wildman–Crippen MR) is 137 cm³/mol. The third-order valence-electron chi connectivity index (χ3n) is 8.95. The maximum atomic E-state index is 15.0. The maximum Gasteiger partial charge on any atom is 0.435 e. The summed E-state index contributed by atoms with van der Waals surface area (Å²) >= 11 is 0. The lowest BCUT2D eigenvalue weighted by Crippen LogP contribution is -2.58. The molecule has 230 valence electrons. The zero-order valence-electron chi connectivity index (χ0n) is 22.4. The molecule has 0 bridgehead atoms. The molecule has 1 saturated heterocycles. The Labute approximate surface area is 237 Å². The molecule has 2 unspecified atom stereocenters. The number of benzene rings is 2. The molecule has 14 heteroatoms. The van der Waals surface area contributed by atoms with Gasteiger partial charge in [0.1, 0.15) is 10.6 Å². The highest BCUT2D eigenvalue weighted by atomic mass is 32.2. The predicted octanol–water partition coefficient (Wildman–Crippen LogP) is 6.42. The molecule has 1 saturated carbocycles. The second-order valence-electron chi connectivity index (χ2n) is 11.2. The first kappa shape index (κ1) is 30.6. The smallest absolute Gasteiger partial charge is 0.372 e. The summed E-state index contributed by atoms with van der Waals surface area (Å²) < 4.78 is 138. The number of nitrogens with zero attached hydrogens (tertiary/aromatic N) is 2.